The van der Waals surface area contributed by atoms with E-state index < -0.39 is 0 Å². The first kappa shape index (κ1) is 13.2. The molecule has 16 heavy (non-hydrogen) atoms. The summed E-state index contributed by atoms with van der Waals surface area (Å²) >= 11 is 0. The average Bonchev–Trinajstić information content (AvgIpc) is 2.29. The van der Waals surface area contributed by atoms with Gasteiger partial charge in [-0.3, -0.25) is 0 Å². The van der Waals surface area contributed by atoms with Gasteiger partial charge in [0, 0.05) is 6.04 Å². The van der Waals surface area contributed by atoms with Gasteiger partial charge in [0.05, 0.1) is 0 Å². The molecular formula is C14H22FN. The highest BCUT2D eigenvalue weighted by molar-refractivity contribution is 5.29. The van der Waals surface area contributed by atoms with Crippen LogP contribution in [0.25, 0.3) is 0 Å². The lowest BCUT2D eigenvalue weighted by Gasteiger charge is -2.22. The smallest absolute Gasteiger partial charge is 0.123 e. The fourth-order valence-electron chi connectivity index (χ4n) is 1.96. The summed E-state index contributed by atoms with van der Waals surface area (Å²) in [7, 11) is 1.94. The van der Waals surface area contributed by atoms with E-state index in [1.165, 1.54) is 6.07 Å². The lowest BCUT2D eigenvalue weighted by molar-refractivity contribution is 0.419. The van der Waals surface area contributed by atoms with Gasteiger partial charge in [0.15, 0.2) is 0 Å². The molecule has 1 aromatic carbocycles. The van der Waals surface area contributed by atoms with Crippen molar-refractivity contribution < 1.29 is 4.39 Å². The Hall–Kier alpha value is -0.890. The summed E-state index contributed by atoms with van der Waals surface area (Å²) in [5.74, 6) is 0.505. The van der Waals surface area contributed by atoms with E-state index in [-0.39, 0.29) is 11.9 Å². The monoisotopic (exact) mass is 223 g/mol. The highest BCUT2D eigenvalue weighted by Gasteiger charge is 2.15. The van der Waals surface area contributed by atoms with E-state index in [2.05, 4.69) is 19.2 Å². The average molecular weight is 223 g/mol. The summed E-state index contributed by atoms with van der Waals surface area (Å²) in [5.41, 5.74) is 2.24. The highest BCUT2D eigenvalue weighted by atomic mass is 19.1. The van der Waals surface area contributed by atoms with Crippen molar-refractivity contribution in [2.24, 2.45) is 5.92 Å². The lowest BCUT2D eigenvalue weighted by atomic mass is 9.92. The largest absolute Gasteiger partial charge is 0.313 e. The summed E-state index contributed by atoms with van der Waals surface area (Å²) < 4.78 is 13.2. The molecule has 0 bridgehead atoms. The van der Waals surface area contributed by atoms with Gasteiger partial charge in [-0.05, 0) is 49.6 Å². The maximum absolute atomic E-state index is 13.2. The molecule has 0 aromatic heterocycles. The first-order valence-corrected chi connectivity index (χ1v) is 6.01. The molecule has 0 radical (unpaired) electrons. The minimum absolute atomic E-state index is 0.148. The van der Waals surface area contributed by atoms with Crippen LogP contribution in [0.4, 0.5) is 4.39 Å². The number of benzene rings is 1. The molecule has 1 rings (SSSR count). The van der Waals surface area contributed by atoms with Gasteiger partial charge >= 0.3 is 0 Å². The van der Waals surface area contributed by atoms with Crippen LogP contribution in [0.5, 0.6) is 0 Å². The van der Waals surface area contributed by atoms with Gasteiger partial charge in [-0.25, -0.2) is 4.39 Å². The number of aryl methyl sites for hydroxylation is 1. The molecule has 0 aliphatic carbocycles. The van der Waals surface area contributed by atoms with Crippen molar-refractivity contribution in [3.63, 3.8) is 0 Å². The Bertz CT molecular complexity index is 336. The predicted octanol–water partition coefficient (Wildman–Crippen LogP) is 3.83. The number of halogens is 1. The number of rotatable bonds is 5. The molecule has 1 nitrogen and oxygen atoms in total. The second-order valence-corrected chi connectivity index (χ2v) is 4.59. The maximum Gasteiger partial charge on any atom is 0.123 e. The summed E-state index contributed by atoms with van der Waals surface area (Å²) in [5, 5.41) is 3.28. The molecule has 0 amide bonds. The van der Waals surface area contributed by atoms with Crippen molar-refractivity contribution >= 4 is 0 Å². The zero-order chi connectivity index (χ0) is 12.1. The van der Waals surface area contributed by atoms with E-state index in [0.717, 1.165) is 24.0 Å². The standard InChI is InChI=1S/C14H22FN/c1-5-10(2)8-14(16-4)13-9-12(15)7-6-11(13)3/h6-7,9-10,14,16H,5,8H2,1-4H3. The fourth-order valence-corrected chi connectivity index (χ4v) is 1.96. The minimum Gasteiger partial charge on any atom is -0.313 e. The normalized spacial score (nSPS) is 14.8. The van der Waals surface area contributed by atoms with Crippen LogP contribution in [0.1, 0.15) is 43.9 Å². The van der Waals surface area contributed by atoms with Crippen molar-refractivity contribution in [1.82, 2.24) is 5.32 Å². The van der Waals surface area contributed by atoms with Gasteiger partial charge in [0.1, 0.15) is 5.82 Å². The van der Waals surface area contributed by atoms with Gasteiger partial charge in [-0.2, -0.15) is 0 Å². The molecule has 0 heterocycles. The summed E-state index contributed by atoms with van der Waals surface area (Å²) in [6, 6.07) is 5.28. The van der Waals surface area contributed by atoms with Crippen molar-refractivity contribution in [3.8, 4) is 0 Å². The van der Waals surface area contributed by atoms with Crippen molar-refractivity contribution in [1.29, 1.82) is 0 Å². The first-order valence-electron chi connectivity index (χ1n) is 6.01. The van der Waals surface area contributed by atoms with E-state index in [1.807, 2.05) is 20.0 Å². The highest BCUT2D eigenvalue weighted by Crippen LogP contribution is 2.25. The van der Waals surface area contributed by atoms with Gasteiger partial charge < -0.3 is 5.32 Å². The Morgan fingerprint density at radius 1 is 1.38 bits per heavy atom. The first-order chi connectivity index (χ1) is 7.58. The van der Waals surface area contributed by atoms with Gasteiger partial charge in [0.25, 0.3) is 0 Å². The molecule has 0 saturated heterocycles. The molecule has 1 N–H and O–H groups in total. The zero-order valence-corrected chi connectivity index (χ0v) is 10.7. The quantitative estimate of drug-likeness (QED) is 0.800. The molecule has 0 aliphatic heterocycles. The maximum atomic E-state index is 13.2. The van der Waals surface area contributed by atoms with Crippen molar-refractivity contribution in [2.45, 2.75) is 39.7 Å². The van der Waals surface area contributed by atoms with E-state index in [0.29, 0.717) is 5.92 Å². The lowest BCUT2D eigenvalue weighted by Crippen LogP contribution is -2.20. The Morgan fingerprint density at radius 3 is 2.62 bits per heavy atom. The van der Waals surface area contributed by atoms with Crippen molar-refractivity contribution in [3.05, 3.63) is 35.1 Å². The van der Waals surface area contributed by atoms with Crippen molar-refractivity contribution in [2.75, 3.05) is 7.05 Å². The van der Waals surface area contributed by atoms with Crippen LogP contribution in [0.3, 0.4) is 0 Å². The molecule has 0 aliphatic rings. The van der Waals surface area contributed by atoms with Crippen LogP contribution in [0.2, 0.25) is 0 Å². The molecule has 0 fully saturated rings. The van der Waals surface area contributed by atoms with Gasteiger partial charge in [0.2, 0.25) is 0 Å². The number of hydrogen-bond acceptors (Lipinski definition) is 1. The van der Waals surface area contributed by atoms with E-state index in [9.17, 15) is 4.39 Å². The Labute approximate surface area is 98.1 Å². The number of nitrogens with one attached hydrogen (secondary N) is 1. The molecule has 2 atom stereocenters. The second-order valence-electron chi connectivity index (χ2n) is 4.59. The van der Waals surface area contributed by atoms with Gasteiger partial charge in [-0.1, -0.05) is 26.3 Å². The summed E-state index contributed by atoms with van der Waals surface area (Å²) in [6.07, 6.45) is 2.21. The molecular weight excluding hydrogens is 201 g/mol. The van der Waals surface area contributed by atoms with Crippen LogP contribution in [-0.4, -0.2) is 7.05 Å². The van der Waals surface area contributed by atoms with Crippen LogP contribution in [0, 0.1) is 18.7 Å². The number of hydrogen-bond donors (Lipinski definition) is 1. The van der Waals surface area contributed by atoms with E-state index >= 15 is 0 Å². The van der Waals surface area contributed by atoms with Crippen LogP contribution >= 0.6 is 0 Å². The summed E-state index contributed by atoms with van der Waals surface area (Å²) in [4.78, 5) is 0. The van der Waals surface area contributed by atoms with Crippen LogP contribution < -0.4 is 5.32 Å². The molecule has 2 unspecified atom stereocenters. The third-order valence-corrected chi connectivity index (χ3v) is 3.30. The molecule has 2 heteroatoms. The predicted molar refractivity (Wildman–Crippen MR) is 67.0 cm³/mol. The topological polar surface area (TPSA) is 12.0 Å². The minimum atomic E-state index is -0.148. The Kier molecular flexibility index (Phi) is 4.94. The van der Waals surface area contributed by atoms with Crippen LogP contribution in [-0.2, 0) is 0 Å². The van der Waals surface area contributed by atoms with E-state index in [1.54, 1.807) is 6.07 Å². The Morgan fingerprint density at radius 2 is 2.06 bits per heavy atom. The third-order valence-electron chi connectivity index (χ3n) is 3.30. The SMILES string of the molecule is CCC(C)CC(NC)c1cc(F)ccc1C. The van der Waals surface area contributed by atoms with Crippen LogP contribution in [0.15, 0.2) is 18.2 Å². The fraction of sp³-hybridized carbons (Fsp3) is 0.571. The molecule has 90 valence electrons. The van der Waals surface area contributed by atoms with Gasteiger partial charge in [-0.15, -0.1) is 0 Å². The Balaban J connectivity index is 2.89. The third kappa shape index (κ3) is 3.31. The van der Waals surface area contributed by atoms with E-state index in [4.69, 9.17) is 0 Å². The molecule has 1 aromatic rings. The molecule has 0 spiro atoms. The zero-order valence-electron chi connectivity index (χ0n) is 10.7. The molecule has 0 saturated carbocycles. The second kappa shape index (κ2) is 6.00. The summed E-state index contributed by atoms with van der Waals surface area (Å²) in [6.45, 7) is 6.46.